The Morgan fingerprint density at radius 1 is 1.28 bits per heavy atom. The Kier molecular flexibility index (Phi) is 6.23. The molecule has 128 valence electrons. The van der Waals surface area contributed by atoms with Crippen molar-refractivity contribution >= 4 is 56.3 Å². The van der Waals surface area contributed by atoms with Gasteiger partial charge in [0.1, 0.15) is 0 Å². The molecule has 1 atom stereocenters. The summed E-state index contributed by atoms with van der Waals surface area (Å²) in [5.74, 6) is 0.0536. The lowest BCUT2D eigenvalue weighted by Gasteiger charge is -2.12. The Bertz CT molecular complexity index is 800. The molecule has 0 spiro atoms. The van der Waals surface area contributed by atoms with Crippen LogP contribution in [-0.2, 0) is 11.2 Å². The lowest BCUT2D eigenvalue weighted by Crippen LogP contribution is -2.32. The molecule has 25 heavy (non-hydrogen) atoms. The first kappa shape index (κ1) is 18.1. The van der Waals surface area contributed by atoms with E-state index in [0.29, 0.717) is 18.1 Å². The number of hydrogen-bond donors (Lipinski definition) is 0. The topological polar surface area (TPSA) is 45.0 Å². The summed E-state index contributed by atoms with van der Waals surface area (Å²) in [6, 6.07) is 12.0. The Morgan fingerprint density at radius 2 is 2.08 bits per heavy atom. The molecule has 1 aromatic heterocycles. The minimum atomic E-state index is -0.184. The molecule has 0 aliphatic carbocycles. The SMILES string of the molecule is C=CCN1C(=O)[C@@H](Cc2ccc(Br)cc2)S/C1=N/N=C\c1cccs1. The zero-order chi connectivity index (χ0) is 17.6. The van der Waals surface area contributed by atoms with Crippen molar-refractivity contribution in [1.29, 1.82) is 0 Å². The van der Waals surface area contributed by atoms with Gasteiger partial charge in [0.15, 0.2) is 5.17 Å². The molecule has 1 aromatic carbocycles. The van der Waals surface area contributed by atoms with E-state index in [-0.39, 0.29) is 11.2 Å². The number of benzene rings is 1. The van der Waals surface area contributed by atoms with Crippen LogP contribution in [-0.4, -0.2) is 34.0 Å². The van der Waals surface area contributed by atoms with Crippen LogP contribution in [0.15, 0.2) is 69.1 Å². The van der Waals surface area contributed by atoms with Crippen LogP contribution in [0.2, 0.25) is 0 Å². The largest absolute Gasteiger partial charge is 0.285 e. The molecule has 0 radical (unpaired) electrons. The Labute approximate surface area is 163 Å². The zero-order valence-corrected chi connectivity index (χ0v) is 16.6. The van der Waals surface area contributed by atoms with E-state index in [0.717, 1.165) is 14.9 Å². The summed E-state index contributed by atoms with van der Waals surface area (Å²) in [7, 11) is 0. The second-order valence-corrected chi connectivity index (χ2v) is 8.38. The van der Waals surface area contributed by atoms with Gasteiger partial charge in [-0.1, -0.05) is 52.0 Å². The van der Waals surface area contributed by atoms with Crippen molar-refractivity contribution in [3.8, 4) is 0 Å². The molecular formula is C18H16BrN3OS2. The first-order valence-corrected chi connectivity index (χ1v) is 10.2. The second kappa shape index (κ2) is 8.60. The number of amidine groups is 1. The Balaban J connectivity index is 1.74. The van der Waals surface area contributed by atoms with Gasteiger partial charge in [-0.05, 0) is 35.6 Å². The molecule has 3 rings (SSSR count). The monoisotopic (exact) mass is 433 g/mol. The number of halogens is 1. The van der Waals surface area contributed by atoms with Gasteiger partial charge in [0.05, 0.1) is 11.5 Å². The first-order chi connectivity index (χ1) is 12.2. The van der Waals surface area contributed by atoms with Gasteiger partial charge in [-0.3, -0.25) is 9.69 Å². The lowest BCUT2D eigenvalue weighted by molar-refractivity contribution is -0.125. The summed E-state index contributed by atoms with van der Waals surface area (Å²) >= 11 is 6.48. The van der Waals surface area contributed by atoms with Gasteiger partial charge in [0, 0.05) is 15.9 Å². The van der Waals surface area contributed by atoms with E-state index in [1.807, 2.05) is 41.8 Å². The van der Waals surface area contributed by atoms with Gasteiger partial charge in [-0.15, -0.1) is 23.0 Å². The fraction of sp³-hybridized carbons (Fsp3) is 0.167. The molecule has 7 heteroatoms. The average molecular weight is 434 g/mol. The highest BCUT2D eigenvalue weighted by atomic mass is 79.9. The maximum absolute atomic E-state index is 12.7. The number of carbonyl (C=O) groups is 1. The standard InChI is InChI=1S/C18H16BrN3OS2/c1-2-9-22-17(23)16(11-13-5-7-14(19)8-6-13)25-18(22)21-20-12-15-4-3-10-24-15/h2-8,10,12,16H,1,9,11H2/b20-12-,21-18+/t16-/m1/s1. The fourth-order valence-electron chi connectivity index (χ4n) is 2.35. The van der Waals surface area contributed by atoms with Crippen LogP contribution in [0.5, 0.6) is 0 Å². The number of nitrogens with zero attached hydrogens (tertiary/aromatic N) is 3. The Hall–Kier alpha value is -1.70. The molecule has 2 aromatic rings. The van der Waals surface area contributed by atoms with E-state index in [1.54, 1.807) is 28.5 Å². The summed E-state index contributed by atoms with van der Waals surface area (Å²) < 4.78 is 1.03. The predicted molar refractivity (Wildman–Crippen MR) is 110 cm³/mol. The highest BCUT2D eigenvalue weighted by Gasteiger charge is 2.37. The Morgan fingerprint density at radius 3 is 2.76 bits per heavy atom. The molecule has 2 heterocycles. The van der Waals surface area contributed by atoms with Crippen molar-refractivity contribution in [1.82, 2.24) is 4.90 Å². The minimum Gasteiger partial charge on any atom is -0.285 e. The van der Waals surface area contributed by atoms with Gasteiger partial charge in [-0.2, -0.15) is 5.10 Å². The molecule has 0 saturated carbocycles. The highest BCUT2D eigenvalue weighted by Crippen LogP contribution is 2.30. The fourth-order valence-corrected chi connectivity index (χ4v) is 4.34. The van der Waals surface area contributed by atoms with Crippen LogP contribution in [0.3, 0.4) is 0 Å². The quantitative estimate of drug-likeness (QED) is 0.380. The molecule has 1 saturated heterocycles. The molecule has 1 amide bonds. The molecule has 1 fully saturated rings. The number of thioether (sulfide) groups is 1. The van der Waals surface area contributed by atoms with Crippen LogP contribution in [0.4, 0.5) is 0 Å². The van der Waals surface area contributed by atoms with E-state index < -0.39 is 0 Å². The molecule has 1 aliphatic heterocycles. The summed E-state index contributed by atoms with van der Waals surface area (Å²) in [4.78, 5) is 15.4. The maximum atomic E-state index is 12.7. The third-order valence-electron chi connectivity index (χ3n) is 3.54. The van der Waals surface area contributed by atoms with E-state index >= 15 is 0 Å². The van der Waals surface area contributed by atoms with Crippen LogP contribution in [0, 0.1) is 0 Å². The summed E-state index contributed by atoms with van der Waals surface area (Å²) in [6.45, 7) is 4.17. The van der Waals surface area contributed by atoms with Crippen LogP contribution >= 0.6 is 39.0 Å². The van der Waals surface area contributed by atoms with Gasteiger partial charge in [0.25, 0.3) is 0 Å². The molecule has 0 bridgehead atoms. The van der Waals surface area contributed by atoms with Crippen molar-refractivity contribution < 1.29 is 4.79 Å². The number of thiophene rings is 1. The summed E-state index contributed by atoms with van der Waals surface area (Å²) in [5, 5.41) is 10.8. The van der Waals surface area contributed by atoms with Crippen LogP contribution in [0.25, 0.3) is 0 Å². The van der Waals surface area contributed by atoms with Gasteiger partial charge in [0.2, 0.25) is 5.91 Å². The molecule has 4 nitrogen and oxygen atoms in total. The van der Waals surface area contributed by atoms with E-state index in [2.05, 4.69) is 32.7 Å². The number of amides is 1. The molecule has 1 aliphatic rings. The van der Waals surface area contributed by atoms with Crippen molar-refractivity contribution in [2.75, 3.05) is 6.54 Å². The number of hydrogen-bond acceptors (Lipinski definition) is 5. The molecule has 0 unspecified atom stereocenters. The van der Waals surface area contributed by atoms with Gasteiger partial charge < -0.3 is 0 Å². The number of carbonyl (C=O) groups excluding carboxylic acids is 1. The zero-order valence-electron chi connectivity index (χ0n) is 13.3. The van der Waals surface area contributed by atoms with E-state index in [9.17, 15) is 4.79 Å². The van der Waals surface area contributed by atoms with Crippen LogP contribution < -0.4 is 0 Å². The molecular weight excluding hydrogens is 418 g/mol. The second-order valence-electron chi connectivity index (χ2n) is 5.32. The summed E-state index contributed by atoms with van der Waals surface area (Å²) in [6.07, 6.45) is 4.08. The number of rotatable bonds is 6. The lowest BCUT2D eigenvalue weighted by atomic mass is 10.1. The average Bonchev–Trinajstić information content (AvgIpc) is 3.21. The van der Waals surface area contributed by atoms with Crippen molar-refractivity contribution in [3.05, 3.63) is 69.3 Å². The van der Waals surface area contributed by atoms with Crippen molar-refractivity contribution in [2.24, 2.45) is 10.2 Å². The third kappa shape index (κ3) is 4.68. The summed E-state index contributed by atoms with van der Waals surface area (Å²) in [5.41, 5.74) is 1.12. The third-order valence-corrected chi connectivity index (χ3v) is 6.04. The first-order valence-electron chi connectivity index (χ1n) is 7.65. The van der Waals surface area contributed by atoms with E-state index in [4.69, 9.17) is 0 Å². The van der Waals surface area contributed by atoms with Crippen molar-refractivity contribution in [2.45, 2.75) is 11.7 Å². The highest BCUT2D eigenvalue weighted by molar-refractivity contribution is 9.10. The normalized spacial score (nSPS) is 19.2. The van der Waals surface area contributed by atoms with Crippen LogP contribution in [0.1, 0.15) is 10.4 Å². The van der Waals surface area contributed by atoms with Gasteiger partial charge >= 0.3 is 0 Å². The smallest absolute Gasteiger partial charge is 0.242 e. The van der Waals surface area contributed by atoms with E-state index in [1.165, 1.54) is 11.8 Å². The predicted octanol–water partition coefficient (Wildman–Crippen LogP) is 4.57. The molecule has 0 N–H and O–H groups in total. The maximum Gasteiger partial charge on any atom is 0.242 e. The van der Waals surface area contributed by atoms with Crippen molar-refractivity contribution in [3.63, 3.8) is 0 Å². The van der Waals surface area contributed by atoms with Gasteiger partial charge in [-0.25, -0.2) is 0 Å². The minimum absolute atomic E-state index is 0.0536.